The van der Waals surface area contributed by atoms with Gasteiger partial charge in [-0.15, -0.1) is 0 Å². The lowest BCUT2D eigenvalue weighted by atomic mass is 10.1. The van der Waals surface area contributed by atoms with Gasteiger partial charge in [0, 0.05) is 35.4 Å². The number of anilines is 2. The first-order chi connectivity index (χ1) is 15.6. The highest BCUT2D eigenvalue weighted by molar-refractivity contribution is 9.10. The van der Waals surface area contributed by atoms with E-state index < -0.39 is 0 Å². The Balaban J connectivity index is 1.54. The summed E-state index contributed by atoms with van der Waals surface area (Å²) in [7, 11) is 0. The third-order valence-electron chi connectivity index (χ3n) is 5.46. The maximum Gasteiger partial charge on any atom is 0.262 e. The quantitative estimate of drug-likeness (QED) is 0.551. The van der Waals surface area contributed by atoms with Crippen LogP contribution < -0.4 is 20.3 Å². The Hall–Kier alpha value is -2.87. The molecular formula is C25H30BrN3O4. The summed E-state index contributed by atoms with van der Waals surface area (Å²) in [5.74, 6) is 0.129. The Morgan fingerprint density at radius 1 is 1.15 bits per heavy atom. The van der Waals surface area contributed by atoms with E-state index in [9.17, 15) is 14.4 Å². The fourth-order valence-corrected chi connectivity index (χ4v) is 4.42. The number of nitrogens with zero attached hydrogens (tertiary/aromatic N) is 1. The molecule has 0 aliphatic carbocycles. The van der Waals surface area contributed by atoms with Crippen molar-refractivity contribution in [1.29, 1.82) is 0 Å². The molecule has 3 amide bonds. The number of hydrogen-bond acceptors (Lipinski definition) is 4. The van der Waals surface area contributed by atoms with Gasteiger partial charge in [-0.25, -0.2) is 0 Å². The lowest BCUT2D eigenvalue weighted by Crippen LogP contribution is -2.35. The van der Waals surface area contributed by atoms with Crippen LogP contribution in [0.2, 0.25) is 0 Å². The van der Waals surface area contributed by atoms with Gasteiger partial charge in [0.1, 0.15) is 5.75 Å². The van der Waals surface area contributed by atoms with Crippen LogP contribution in [0.3, 0.4) is 0 Å². The van der Waals surface area contributed by atoms with Crippen LogP contribution >= 0.6 is 15.9 Å². The Morgan fingerprint density at radius 2 is 1.79 bits per heavy atom. The van der Waals surface area contributed by atoms with Crippen LogP contribution in [0.4, 0.5) is 11.4 Å². The van der Waals surface area contributed by atoms with Gasteiger partial charge in [0.05, 0.1) is 5.92 Å². The minimum atomic E-state index is -0.346. The predicted octanol–water partition coefficient (Wildman–Crippen LogP) is 4.21. The smallest absolute Gasteiger partial charge is 0.262 e. The largest absolute Gasteiger partial charge is 0.484 e. The van der Waals surface area contributed by atoms with Crippen molar-refractivity contribution in [2.45, 2.75) is 34.1 Å². The molecule has 1 heterocycles. The van der Waals surface area contributed by atoms with Crippen LogP contribution in [0.1, 0.15) is 31.4 Å². The first kappa shape index (κ1) is 24.8. The van der Waals surface area contributed by atoms with Gasteiger partial charge >= 0.3 is 0 Å². The lowest BCUT2D eigenvalue weighted by molar-refractivity contribution is -0.126. The summed E-state index contributed by atoms with van der Waals surface area (Å²) in [5, 5.41) is 5.80. The number of carbonyl (C=O) groups excluding carboxylic acids is 3. The Kier molecular flexibility index (Phi) is 8.13. The molecule has 0 bridgehead atoms. The average Bonchev–Trinajstić information content (AvgIpc) is 3.15. The number of benzene rings is 2. The summed E-state index contributed by atoms with van der Waals surface area (Å²) in [6, 6.07) is 10.9. The molecule has 0 spiro atoms. The zero-order valence-corrected chi connectivity index (χ0v) is 21.0. The lowest BCUT2D eigenvalue weighted by Gasteiger charge is -2.17. The molecule has 0 saturated carbocycles. The number of halogens is 1. The number of aryl methyl sites for hydroxylation is 2. The van der Waals surface area contributed by atoms with Gasteiger partial charge in [0.15, 0.2) is 6.61 Å². The molecule has 0 aromatic heterocycles. The molecule has 3 rings (SSSR count). The normalized spacial score (nSPS) is 15.6. The van der Waals surface area contributed by atoms with E-state index in [1.54, 1.807) is 29.2 Å². The molecule has 1 atom stereocenters. The molecular weight excluding hydrogens is 486 g/mol. The van der Waals surface area contributed by atoms with Crippen molar-refractivity contribution in [3.8, 4) is 5.75 Å². The Bertz CT molecular complexity index is 1010. The van der Waals surface area contributed by atoms with Gasteiger partial charge in [-0.05, 0) is 67.3 Å². The molecule has 1 fully saturated rings. The van der Waals surface area contributed by atoms with Gasteiger partial charge in [0.2, 0.25) is 11.8 Å². The topological polar surface area (TPSA) is 87.7 Å². The average molecular weight is 516 g/mol. The molecule has 2 aromatic rings. The number of ether oxygens (including phenoxy) is 1. The van der Waals surface area contributed by atoms with E-state index in [1.165, 1.54) is 0 Å². The minimum Gasteiger partial charge on any atom is -0.484 e. The van der Waals surface area contributed by atoms with Gasteiger partial charge in [0.25, 0.3) is 5.91 Å². The van der Waals surface area contributed by atoms with E-state index in [0.29, 0.717) is 30.4 Å². The van der Waals surface area contributed by atoms with Crippen LogP contribution in [-0.2, 0) is 14.4 Å². The molecule has 0 unspecified atom stereocenters. The van der Waals surface area contributed by atoms with Crippen molar-refractivity contribution in [1.82, 2.24) is 5.32 Å². The van der Waals surface area contributed by atoms with Gasteiger partial charge < -0.3 is 20.3 Å². The van der Waals surface area contributed by atoms with E-state index in [2.05, 4.69) is 26.6 Å². The fraction of sp³-hybridized carbons (Fsp3) is 0.400. The highest BCUT2D eigenvalue weighted by Crippen LogP contribution is 2.28. The van der Waals surface area contributed by atoms with E-state index in [1.807, 2.05) is 39.8 Å². The summed E-state index contributed by atoms with van der Waals surface area (Å²) in [4.78, 5) is 38.7. The zero-order chi connectivity index (χ0) is 24.1. The number of hydrogen-bond donors (Lipinski definition) is 2. The first-order valence-electron chi connectivity index (χ1n) is 11.0. The van der Waals surface area contributed by atoms with Crippen LogP contribution in [0.15, 0.2) is 40.9 Å². The van der Waals surface area contributed by atoms with E-state index in [4.69, 9.17) is 4.74 Å². The van der Waals surface area contributed by atoms with Crippen LogP contribution in [-0.4, -0.2) is 37.4 Å². The monoisotopic (exact) mass is 515 g/mol. The zero-order valence-electron chi connectivity index (χ0n) is 19.4. The van der Waals surface area contributed by atoms with E-state index >= 15 is 0 Å². The van der Waals surface area contributed by atoms with Crippen molar-refractivity contribution in [3.63, 3.8) is 0 Å². The standard InChI is InChI=1S/C25H30BrN3O4/c1-15(2)12-27-25(32)18-11-23(31)29(13-18)20-5-7-21(8-6-20)33-14-22(30)28-24-16(3)9-19(26)10-17(24)4/h5-10,15,18H,11-14H2,1-4H3,(H,27,32)(H,28,30)/t18-/m0/s1. The minimum absolute atomic E-state index is 0.0759. The summed E-state index contributed by atoms with van der Waals surface area (Å²) in [5.41, 5.74) is 3.41. The van der Waals surface area contributed by atoms with Crippen LogP contribution in [0.25, 0.3) is 0 Å². The highest BCUT2D eigenvalue weighted by Gasteiger charge is 2.35. The molecule has 176 valence electrons. The molecule has 2 N–H and O–H groups in total. The SMILES string of the molecule is Cc1cc(Br)cc(C)c1NC(=O)COc1ccc(N2C[C@@H](C(=O)NCC(C)C)CC2=O)cc1. The molecule has 0 radical (unpaired) electrons. The number of nitrogens with one attached hydrogen (secondary N) is 2. The Labute approximate surface area is 203 Å². The summed E-state index contributed by atoms with van der Waals surface area (Å²) in [6.45, 7) is 8.76. The van der Waals surface area contributed by atoms with Crippen molar-refractivity contribution in [2.75, 3.05) is 29.9 Å². The summed E-state index contributed by atoms with van der Waals surface area (Å²) >= 11 is 3.45. The van der Waals surface area contributed by atoms with Crippen molar-refractivity contribution >= 4 is 45.0 Å². The summed E-state index contributed by atoms with van der Waals surface area (Å²) < 4.78 is 6.58. The van der Waals surface area contributed by atoms with Crippen molar-refractivity contribution in [3.05, 3.63) is 52.0 Å². The van der Waals surface area contributed by atoms with Crippen LogP contribution in [0.5, 0.6) is 5.75 Å². The molecule has 8 heteroatoms. The number of amides is 3. The van der Waals surface area contributed by atoms with Crippen LogP contribution in [0, 0.1) is 25.7 Å². The molecule has 1 saturated heterocycles. The molecule has 1 aliphatic rings. The first-order valence-corrected chi connectivity index (χ1v) is 11.8. The molecule has 7 nitrogen and oxygen atoms in total. The van der Waals surface area contributed by atoms with Crippen molar-refractivity contribution in [2.24, 2.45) is 11.8 Å². The predicted molar refractivity (Wildman–Crippen MR) is 132 cm³/mol. The third-order valence-corrected chi connectivity index (χ3v) is 5.92. The number of carbonyl (C=O) groups is 3. The molecule has 1 aliphatic heterocycles. The van der Waals surface area contributed by atoms with Gasteiger partial charge in [-0.2, -0.15) is 0 Å². The second kappa shape index (κ2) is 10.8. The highest BCUT2D eigenvalue weighted by atomic mass is 79.9. The third kappa shape index (κ3) is 6.57. The second-order valence-corrected chi connectivity index (χ2v) is 9.71. The summed E-state index contributed by atoms with van der Waals surface area (Å²) in [6.07, 6.45) is 0.206. The molecule has 33 heavy (non-hydrogen) atoms. The van der Waals surface area contributed by atoms with Gasteiger partial charge in [-0.3, -0.25) is 14.4 Å². The Morgan fingerprint density at radius 3 is 2.39 bits per heavy atom. The maximum atomic E-state index is 12.4. The molecule has 2 aromatic carbocycles. The van der Waals surface area contributed by atoms with Crippen molar-refractivity contribution < 1.29 is 19.1 Å². The number of rotatable bonds is 8. The fourth-order valence-electron chi connectivity index (χ4n) is 3.74. The van der Waals surface area contributed by atoms with E-state index in [0.717, 1.165) is 21.3 Å². The second-order valence-electron chi connectivity index (χ2n) is 8.79. The van der Waals surface area contributed by atoms with E-state index in [-0.39, 0.29) is 36.7 Å². The maximum absolute atomic E-state index is 12.4. The van der Waals surface area contributed by atoms with Gasteiger partial charge in [-0.1, -0.05) is 29.8 Å².